The first-order chi connectivity index (χ1) is 13.7. The van der Waals surface area contributed by atoms with E-state index in [1.54, 1.807) is 0 Å². The Morgan fingerprint density at radius 1 is 1.21 bits per heavy atom. The van der Waals surface area contributed by atoms with Crippen molar-refractivity contribution in [3.05, 3.63) is 72.3 Å². The van der Waals surface area contributed by atoms with Crippen molar-refractivity contribution in [3.63, 3.8) is 0 Å². The molecular formula is C20H20N5O2Tl. The number of amides is 2. The van der Waals surface area contributed by atoms with Crippen LogP contribution < -0.4 is 20.3 Å². The van der Waals surface area contributed by atoms with Gasteiger partial charge in [-0.25, -0.2) is 0 Å². The van der Waals surface area contributed by atoms with Crippen LogP contribution >= 0.6 is 0 Å². The average Bonchev–Trinajstić information content (AvgIpc) is 3.12. The zero-order valence-corrected chi connectivity index (χ0v) is 19.8. The summed E-state index contributed by atoms with van der Waals surface area (Å²) in [5, 5.41) is 5.78. The molecule has 140 valence electrons. The Bertz CT molecular complexity index is 960. The standard InChI is InChI=1S/C20H21N5O2.Tl/c26-20(22-11-15-4-2-1-3-5-15)24-16-6-7-19-18(10-16)25(8-9-27-19)13-17-12-21-14-23-17;/h1-7,10,12,14H,8-9,11,13H2,(H3,21,22,23,24,26);/q;+1/p-1. The monoisotopic (exact) mass is 567 g/mol. The summed E-state index contributed by atoms with van der Waals surface area (Å²) in [6, 6.07) is 15.3. The van der Waals surface area contributed by atoms with Crippen LogP contribution in [0.3, 0.4) is 0 Å². The molecule has 7 nitrogen and oxygen atoms in total. The molecule has 1 aromatic heterocycles. The summed E-state index contributed by atoms with van der Waals surface area (Å²) in [4.78, 5) is 18.9. The van der Waals surface area contributed by atoms with Gasteiger partial charge in [0.2, 0.25) is 0 Å². The number of nitrogens with zero attached hydrogens (tertiary/aromatic N) is 3. The first-order valence-corrected chi connectivity index (χ1v) is 11.1. The van der Waals surface area contributed by atoms with Gasteiger partial charge in [0, 0.05) is 0 Å². The van der Waals surface area contributed by atoms with E-state index >= 15 is 0 Å². The van der Waals surface area contributed by atoms with Gasteiger partial charge in [0.05, 0.1) is 0 Å². The second-order valence-corrected chi connectivity index (χ2v) is 8.88. The normalized spacial score (nSPS) is 12.8. The zero-order chi connectivity index (χ0) is 19.3. The maximum atomic E-state index is 12.3. The van der Waals surface area contributed by atoms with E-state index in [-0.39, 0.29) is 6.03 Å². The van der Waals surface area contributed by atoms with Crippen LogP contribution in [0.25, 0.3) is 0 Å². The van der Waals surface area contributed by atoms with E-state index in [1.807, 2.05) is 54.9 Å². The third-order valence-electron chi connectivity index (χ3n) is 4.48. The summed E-state index contributed by atoms with van der Waals surface area (Å²) in [6.07, 6.45) is 3.95. The van der Waals surface area contributed by atoms with E-state index in [1.165, 1.54) is 0 Å². The molecule has 4 rings (SSSR count). The fourth-order valence-electron chi connectivity index (χ4n) is 3.13. The number of urea groups is 1. The predicted molar refractivity (Wildman–Crippen MR) is 109 cm³/mol. The molecule has 28 heavy (non-hydrogen) atoms. The van der Waals surface area contributed by atoms with Gasteiger partial charge in [-0.05, 0) is 5.56 Å². The van der Waals surface area contributed by atoms with Crippen LogP contribution in [0.4, 0.5) is 16.2 Å². The molecule has 0 fully saturated rings. The third-order valence-corrected chi connectivity index (χ3v) is 5.58. The molecule has 1 aliphatic heterocycles. The van der Waals surface area contributed by atoms with Crippen molar-refractivity contribution < 1.29 is 9.53 Å². The quantitative estimate of drug-likeness (QED) is 0.466. The number of ether oxygens (including phenoxy) is 1. The summed E-state index contributed by atoms with van der Waals surface area (Å²) in [5.74, 6) is 0.827. The Balaban J connectivity index is 1.43. The number of carbonyl (C=O) groups is 1. The van der Waals surface area contributed by atoms with Crippen molar-refractivity contribution in [1.82, 2.24) is 12.7 Å². The van der Waals surface area contributed by atoms with Crippen LogP contribution in [-0.2, 0) is 13.1 Å². The van der Waals surface area contributed by atoms with Crippen LogP contribution in [-0.4, -0.2) is 52.6 Å². The second-order valence-electron chi connectivity index (χ2n) is 6.56. The van der Waals surface area contributed by atoms with Gasteiger partial charge >= 0.3 is 144 Å². The van der Waals surface area contributed by atoms with E-state index in [0.29, 0.717) is 39.2 Å². The summed E-state index contributed by atoms with van der Waals surface area (Å²) in [7, 11) is 0. The fourth-order valence-corrected chi connectivity index (χ4v) is 4.05. The maximum absolute atomic E-state index is 12.3. The van der Waals surface area contributed by atoms with Crippen LogP contribution in [0, 0.1) is 0 Å². The van der Waals surface area contributed by atoms with Gasteiger partial charge in [0.15, 0.2) is 0 Å². The summed E-state index contributed by atoms with van der Waals surface area (Å²) < 4.78 is 7.88. The molecule has 1 aliphatic rings. The second kappa shape index (κ2) is 8.63. The summed E-state index contributed by atoms with van der Waals surface area (Å²) in [6.45, 7) is 2.63. The Morgan fingerprint density at radius 3 is 2.86 bits per heavy atom. The molecule has 0 saturated heterocycles. The Morgan fingerprint density at radius 2 is 2.07 bits per heavy atom. The van der Waals surface area contributed by atoms with Gasteiger partial charge in [-0.1, -0.05) is 30.3 Å². The molecule has 8 heteroatoms. The topological polar surface area (TPSA) is 71.4 Å². The van der Waals surface area contributed by atoms with Gasteiger partial charge in [0.25, 0.3) is 0 Å². The SMILES string of the molecule is O=C(NCc1ccccc1)Nc1ccc2c(c1)N(Cc1c[n]([Tl])cn1)CCO2. The minimum atomic E-state index is -0.234. The molecule has 0 unspecified atom stereocenters. The number of anilines is 2. The number of carbonyl (C=O) groups excluding carboxylic acids is 1. The molecule has 2 aromatic carbocycles. The predicted octanol–water partition coefficient (Wildman–Crippen LogP) is 2.54. The van der Waals surface area contributed by atoms with Gasteiger partial charge in [-0.2, -0.15) is 0 Å². The van der Waals surface area contributed by atoms with E-state index in [9.17, 15) is 4.79 Å². The summed E-state index contributed by atoms with van der Waals surface area (Å²) >= 11 is 0.716. The third kappa shape index (κ3) is 4.64. The molecule has 0 saturated carbocycles. The number of fused-ring (bicyclic) bond motifs is 1. The number of hydrogen-bond acceptors (Lipinski definition) is 4. The molecule has 2 amide bonds. The van der Waals surface area contributed by atoms with Crippen molar-refractivity contribution in [3.8, 4) is 5.75 Å². The molecule has 0 spiro atoms. The molecule has 0 bridgehead atoms. The molecule has 3 aromatic rings. The van der Waals surface area contributed by atoms with E-state index in [0.717, 1.165) is 41.5 Å². The van der Waals surface area contributed by atoms with E-state index in [2.05, 4.69) is 29.1 Å². The molecule has 0 atom stereocenters. The van der Waals surface area contributed by atoms with Crippen molar-refractivity contribution in [2.24, 2.45) is 0 Å². The van der Waals surface area contributed by atoms with Crippen molar-refractivity contribution >= 4 is 43.5 Å². The van der Waals surface area contributed by atoms with E-state index in [4.69, 9.17) is 4.74 Å². The average molecular weight is 567 g/mol. The number of rotatable bonds is 5. The number of nitrogens with one attached hydrogen (secondary N) is 2. The number of imidazole rings is 1. The van der Waals surface area contributed by atoms with Crippen LogP contribution in [0.5, 0.6) is 5.75 Å². The van der Waals surface area contributed by atoms with Gasteiger partial charge in [0.1, 0.15) is 0 Å². The number of aromatic nitrogens is 2. The minimum absolute atomic E-state index is 0.234. The molecule has 0 aliphatic carbocycles. The van der Waals surface area contributed by atoms with Gasteiger partial charge in [-0.15, -0.1) is 0 Å². The number of benzene rings is 2. The van der Waals surface area contributed by atoms with Crippen LogP contribution in [0.15, 0.2) is 61.1 Å². The van der Waals surface area contributed by atoms with E-state index < -0.39 is 0 Å². The van der Waals surface area contributed by atoms with Crippen molar-refractivity contribution in [2.75, 3.05) is 23.4 Å². The van der Waals surface area contributed by atoms with Crippen LogP contribution in [0.2, 0.25) is 0 Å². The Hall–Kier alpha value is -2.56. The fraction of sp³-hybridized carbons (Fsp3) is 0.200. The van der Waals surface area contributed by atoms with Crippen LogP contribution in [0.1, 0.15) is 11.3 Å². The molecule has 2 heterocycles. The summed E-state index contributed by atoms with van der Waals surface area (Å²) in [5.41, 5.74) is 3.79. The first kappa shape index (κ1) is 18.8. The van der Waals surface area contributed by atoms with Crippen molar-refractivity contribution in [2.45, 2.75) is 13.1 Å². The molecular weight excluding hydrogens is 547 g/mol. The van der Waals surface area contributed by atoms with Crippen molar-refractivity contribution in [1.29, 1.82) is 0 Å². The van der Waals surface area contributed by atoms with Gasteiger partial charge < -0.3 is 0 Å². The molecule has 2 N–H and O–H groups in total. The van der Waals surface area contributed by atoms with Gasteiger partial charge in [-0.3, -0.25) is 0 Å². The number of hydrogen-bond donors (Lipinski definition) is 2. The Labute approximate surface area is 179 Å². The molecule has 0 radical (unpaired) electrons. The first-order valence-electron chi connectivity index (χ1n) is 9.06. The Kier molecular flexibility index (Phi) is 5.79. The zero-order valence-electron chi connectivity index (χ0n) is 15.3.